The zero-order chi connectivity index (χ0) is 19.9. The molecule has 0 radical (unpaired) electrons. The zero-order valence-corrected chi connectivity index (χ0v) is 17.0. The second-order valence-corrected chi connectivity index (χ2v) is 8.99. The zero-order valence-electron chi connectivity index (χ0n) is 17.0. The third kappa shape index (κ3) is 3.55. The standard InChI is InChI=1S/C21H29N5O2/c1-14-6-4-5-8-25(14)9-7-22-20(28)16-13-24-26-17-10-21(2,3)11-18(27)15(17)12-23-19(16)26/h12-14H,4-11H2,1-3H3,(H,22,28)/t14-/m0/s1. The normalized spacial score (nSPS) is 22.2. The third-order valence-corrected chi connectivity index (χ3v) is 6.08. The molecule has 1 atom stereocenters. The van der Waals surface area contributed by atoms with Crippen LogP contribution in [-0.2, 0) is 6.42 Å². The van der Waals surface area contributed by atoms with Gasteiger partial charge < -0.3 is 5.32 Å². The Morgan fingerprint density at radius 2 is 2.11 bits per heavy atom. The number of carbonyl (C=O) groups excluding carboxylic acids is 2. The van der Waals surface area contributed by atoms with Crippen molar-refractivity contribution >= 4 is 17.3 Å². The van der Waals surface area contributed by atoms with Crippen molar-refractivity contribution in [3.63, 3.8) is 0 Å². The van der Waals surface area contributed by atoms with Crippen LogP contribution in [0.2, 0.25) is 0 Å². The average molecular weight is 383 g/mol. The van der Waals surface area contributed by atoms with Crippen molar-refractivity contribution in [3.05, 3.63) is 29.2 Å². The van der Waals surface area contributed by atoms with Gasteiger partial charge in [-0.1, -0.05) is 20.3 Å². The Labute approximate surface area is 165 Å². The number of likely N-dealkylation sites (tertiary alicyclic amines) is 1. The minimum absolute atomic E-state index is 0.0952. The first-order chi connectivity index (χ1) is 13.4. The first kappa shape index (κ1) is 19.1. The van der Waals surface area contributed by atoms with Gasteiger partial charge in [0.15, 0.2) is 11.4 Å². The van der Waals surface area contributed by atoms with Crippen LogP contribution in [0.4, 0.5) is 0 Å². The van der Waals surface area contributed by atoms with Crippen LogP contribution in [0, 0.1) is 5.41 Å². The van der Waals surface area contributed by atoms with Crippen LogP contribution >= 0.6 is 0 Å². The van der Waals surface area contributed by atoms with Crippen LogP contribution in [0.25, 0.3) is 5.65 Å². The average Bonchev–Trinajstić information content (AvgIpc) is 3.07. The molecule has 7 heteroatoms. The molecule has 0 aromatic carbocycles. The minimum atomic E-state index is -0.159. The smallest absolute Gasteiger partial charge is 0.256 e. The van der Waals surface area contributed by atoms with Crippen LogP contribution < -0.4 is 5.32 Å². The Morgan fingerprint density at radius 1 is 1.29 bits per heavy atom. The number of ketones is 1. The molecule has 2 aromatic rings. The van der Waals surface area contributed by atoms with Crippen molar-refractivity contribution in [1.82, 2.24) is 24.8 Å². The van der Waals surface area contributed by atoms with E-state index in [1.807, 2.05) is 0 Å². The molecular formula is C21H29N5O2. The summed E-state index contributed by atoms with van der Waals surface area (Å²) in [6, 6.07) is 0.580. The summed E-state index contributed by atoms with van der Waals surface area (Å²) >= 11 is 0. The summed E-state index contributed by atoms with van der Waals surface area (Å²) in [6.45, 7) is 8.99. The number of amides is 1. The van der Waals surface area contributed by atoms with Crippen molar-refractivity contribution < 1.29 is 9.59 Å². The van der Waals surface area contributed by atoms with Crippen molar-refractivity contribution in [1.29, 1.82) is 0 Å². The molecule has 28 heavy (non-hydrogen) atoms. The Kier molecular flexibility index (Phi) is 4.95. The Balaban J connectivity index is 1.50. The van der Waals surface area contributed by atoms with Crippen LogP contribution in [0.3, 0.4) is 0 Å². The van der Waals surface area contributed by atoms with Crippen molar-refractivity contribution in [2.24, 2.45) is 5.41 Å². The highest BCUT2D eigenvalue weighted by molar-refractivity contribution is 6.01. The van der Waals surface area contributed by atoms with Gasteiger partial charge in [-0.05, 0) is 38.1 Å². The lowest BCUT2D eigenvalue weighted by Crippen LogP contribution is -2.42. The van der Waals surface area contributed by atoms with E-state index >= 15 is 0 Å². The summed E-state index contributed by atoms with van der Waals surface area (Å²) in [6.07, 6.45) is 8.17. The van der Waals surface area contributed by atoms with Crippen LogP contribution in [0.1, 0.15) is 72.9 Å². The summed E-state index contributed by atoms with van der Waals surface area (Å²) in [4.78, 5) is 32.0. The molecule has 2 aliphatic rings. The molecule has 3 heterocycles. The largest absolute Gasteiger partial charge is 0.351 e. The van der Waals surface area contributed by atoms with E-state index < -0.39 is 0 Å². The third-order valence-electron chi connectivity index (χ3n) is 6.08. The fourth-order valence-corrected chi connectivity index (χ4v) is 4.48. The lowest BCUT2D eigenvalue weighted by atomic mass is 9.76. The molecule has 1 fully saturated rings. The van der Waals surface area contributed by atoms with Gasteiger partial charge in [0.1, 0.15) is 5.56 Å². The molecule has 2 aromatic heterocycles. The van der Waals surface area contributed by atoms with E-state index in [1.54, 1.807) is 16.9 Å². The molecule has 1 amide bonds. The molecule has 7 nitrogen and oxygen atoms in total. The number of piperidine rings is 1. The van der Waals surface area contributed by atoms with Gasteiger partial charge in [0.05, 0.1) is 17.5 Å². The van der Waals surface area contributed by atoms with E-state index in [1.165, 1.54) is 19.3 Å². The summed E-state index contributed by atoms with van der Waals surface area (Å²) in [5.41, 5.74) is 2.35. The van der Waals surface area contributed by atoms with Gasteiger partial charge >= 0.3 is 0 Å². The first-order valence-electron chi connectivity index (χ1n) is 10.3. The molecule has 0 saturated carbocycles. The van der Waals surface area contributed by atoms with Gasteiger partial charge in [0.25, 0.3) is 5.91 Å². The highest BCUT2D eigenvalue weighted by Crippen LogP contribution is 2.34. The Bertz CT molecular complexity index is 917. The predicted molar refractivity (Wildman–Crippen MR) is 107 cm³/mol. The van der Waals surface area contributed by atoms with Gasteiger partial charge in [-0.15, -0.1) is 0 Å². The van der Waals surface area contributed by atoms with E-state index in [0.29, 0.717) is 35.8 Å². The number of nitrogens with zero attached hydrogens (tertiary/aromatic N) is 4. The Morgan fingerprint density at radius 3 is 2.89 bits per heavy atom. The van der Waals surface area contributed by atoms with Gasteiger partial charge in [0.2, 0.25) is 0 Å². The maximum absolute atomic E-state index is 12.7. The molecular weight excluding hydrogens is 354 g/mol. The van der Waals surface area contributed by atoms with Crippen molar-refractivity contribution in [2.45, 2.75) is 58.9 Å². The molecule has 4 rings (SSSR count). The number of hydrogen-bond donors (Lipinski definition) is 1. The van der Waals surface area contributed by atoms with Gasteiger partial charge in [-0.25, -0.2) is 9.50 Å². The van der Waals surface area contributed by atoms with E-state index in [-0.39, 0.29) is 17.1 Å². The van der Waals surface area contributed by atoms with E-state index in [0.717, 1.165) is 25.2 Å². The number of nitrogens with one attached hydrogen (secondary N) is 1. The SMILES string of the molecule is C[C@H]1CCCCN1CCNC(=O)c1cnn2c3c(cnc12)C(=O)CC(C)(C)C3. The number of aromatic nitrogens is 3. The highest BCUT2D eigenvalue weighted by atomic mass is 16.1. The Hall–Kier alpha value is -2.28. The maximum atomic E-state index is 12.7. The molecule has 150 valence electrons. The van der Waals surface area contributed by atoms with E-state index in [2.05, 4.69) is 41.1 Å². The van der Waals surface area contributed by atoms with Crippen molar-refractivity contribution in [3.8, 4) is 0 Å². The predicted octanol–water partition coefficient (Wildman–Crippen LogP) is 2.49. The summed E-state index contributed by atoms with van der Waals surface area (Å²) < 4.78 is 1.68. The number of fused-ring (bicyclic) bond motifs is 3. The summed E-state index contributed by atoms with van der Waals surface area (Å²) in [5.74, 6) is -0.0636. The van der Waals surface area contributed by atoms with Crippen LogP contribution in [0.5, 0.6) is 0 Å². The van der Waals surface area contributed by atoms with Gasteiger partial charge in [-0.3, -0.25) is 14.5 Å². The van der Waals surface area contributed by atoms with E-state index in [9.17, 15) is 9.59 Å². The molecule has 1 aliphatic carbocycles. The number of carbonyl (C=O) groups is 2. The van der Waals surface area contributed by atoms with Crippen LogP contribution in [-0.4, -0.2) is 56.9 Å². The number of Topliss-reactive ketones (excluding diaryl/α,β-unsaturated/α-hetero) is 1. The monoisotopic (exact) mass is 383 g/mol. The van der Waals surface area contributed by atoms with Gasteiger partial charge in [-0.2, -0.15) is 5.10 Å². The van der Waals surface area contributed by atoms with Crippen LogP contribution in [0.15, 0.2) is 12.4 Å². The second kappa shape index (κ2) is 7.28. The number of hydrogen-bond acceptors (Lipinski definition) is 5. The molecule has 1 saturated heterocycles. The summed E-state index contributed by atoms with van der Waals surface area (Å²) in [7, 11) is 0. The molecule has 1 N–H and O–H groups in total. The van der Waals surface area contributed by atoms with Gasteiger partial charge in [0, 0.05) is 31.7 Å². The summed E-state index contributed by atoms with van der Waals surface area (Å²) in [5, 5.41) is 7.40. The fourth-order valence-electron chi connectivity index (χ4n) is 4.48. The quantitative estimate of drug-likeness (QED) is 0.877. The highest BCUT2D eigenvalue weighted by Gasteiger charge is 2.33. The molecule has 1 aliphatic heterocycles. The minimum Gasteiger partial charge on any atom is -0.351 e. The molecule has 0 bridgehead atoms. The lowest BCUT2D eigenvalue weighted by Gasteiger charge is -2.33. The molecule has 0 spiro atoms. The second-order valence-electron chi connectivity index (χ2n) is 8.99. The number of rotatable bonds is 4. The fraction of sp³-hybridized carbons (Fsp3) is 0.619. The van der Waals surface area contributed by atoms with E-state index in [4.69, 9.17) is 0 Å². The first-order valence-corrected chi connectivity index (χ1v) is 10.3. The molecule has 0 unspecified atom stereocenters. The maximum Gasteiger partial charge on any atom is 0.256 e. The topological polar surface area (TPSA) is 79.6 Å². The lowest BCUT2D eigenvalue weighted by molar-refractivity contribution is 0.0907. The van der Waals surface area contributed by atoms with Crippen molar-refractivity contribution in [2.75, 3.05) is 19.6 Å².